The zero-order valence-electron chi connectivity index (χ0n) is 7.38. The van der Waals surface area contributed by atoms with Gasteiger partial charge in [0.2, 0.25) is 0 Å². The molecule has 0 aliphatic heterocycles. The minimum absolute atomic E-state index is 0.784. The summed E-state index contributed by atoms with van der Waals surface area (Å²) in [7, 11) is 0. The molecule has 3 atom stereocenters. The number of hydrogen-bond acceptors (Lipinski definition) is 0. The summed E-state index contributed by atoms with van der Waals surface area (Å²) in [5.41, 5.74) is 1.60. The Morgan fingerprint density at radius 3 is 3.09 bits per heavy atom. The lowest BCUT2D eigenvalue weighted by Gasteiger charge is -2.27. The van der Waals surface area contributed by atoms with Crippen molar-refractivity contribution in [2.75, 3.05) is 0 Å². The second-order valence-electron chi connectivity index (χ2n) is 4.05. The first-order chi connectivity index (χ1) is 5.27. The molecule has 0 amide bonds. The fraction of sp³-hybridized carbons (Fsp3) is 0.636. The van der Waals surface area contributed by atoms with E-state index in [1.807, 2.05) is 0 Å². The Bertz CT molecular complexity index is 210. The van der Waals surface area contributed by atoms with Crippen molar-refractivity contribution < 1.29 is 0 Å². The lowest BCUT2D eigenvalue weighted by molar-refractivity contribution is 0.367. The van der Waals surface area contributed by atoms with E-state index >= 15 is 0 Å². The van der Waals surface area contributed by atoms with E-state index in [4.69, 9.17) is 0 Å². The average Bonchev–Trinajstić information content (AvgIpc) is 2.36. The summed E-state index contributed by atoms with van der Waals surface area (Å²) >= 11 is 0. The smallest absolute Gasteiger partial charge is 0.00193 e. The molecule has 0 aromatic rings. The molecule has 0 N–H and O–H groups in total. The molecule has 0 unspecified atom stereocenters. The minimum Gasteiger partial charge on any atom is -0.0876 e. The van der Waals surface area contributed by atoms with E-state index in [1.165, 1.54) is 12.8 Å². The molecule has 0 aromatic heterocycles. The molecule has 0 heterocycles. The summed E-state index contributed by atoms with van der Waals surface area (Å²) < 4.78 is 0. The number of fused-ring (bicyclic) bond motifs is 1. The number of allylic oxidation sites excluding steroid dienone is 4. The van der Waals surface area contributed by atoms with Crippen LogP contribution in [0.15, 0.2) is 23.8 Å². The molecule has 0 saturated carbocycles. The Morgan fingerprint density at radius 2 is 2.27 bits per heavy atom. The molecule has 0 nitrogen and oxygen atoms in total. The average molecular weight is 148 g/mol. The van der Waals surface area contributed by atoms with E-state index in [-0.39, 0.29) is 0 Å². The third-order valence-electron chi connectivity index (χ3n) is 3.23. The highest BCUT2D eigenvalue weighted by Crippen LogP contribution is 2.38. The van der Waals surface area contributed by atoms with Gasteiger partial charge in [-0.2, -0.15) is 0 Å². The molecule has 60 valence electrons. The van der Waals surface area contributed by atoms with Crippen LogP contribution in [0, 0.1) is 17.8 Å². The predicted molar refractivity (Wildman–Crippen MR) is 48.3 cm³/mol. The van der Waals surface area contributed by atoms with Gasteiger partial charge in [-0.3, -0.25) is 0 Å². The van der Waals surface area contributed by atoms with Crippen LogP contribution >= 0.6 is 0 Å². The van der Waals surface area contributed by atoms with Crippen LogP contribution < -0.4 is 0 Å². The lowest BCUT2D eigenvalue weighted by Crippen LogP contribution is -2.17. The van der Waals surface area contributed by atoms with E-state index in [2.05, 4.69) is 32.1 Å². The summed E-state index contributed by atoms with van der Waals surface area (Å²) in [6.45, 7) is 4.62. The monoisotopic (exact) mass is 148 g/mol. The number of rotatable bonds is 0. The quantitative estimate of drug-likeness (QED) is 0.463. The Balaban J connectivity index is 2.21. The molecule has 2 rings (SSSR count). The van der Waals surface area contributed by atoms with Crippen LogP contribution in [0.3, 0.4) is 0 Å². The molecular weight excluding hydrogens is 132 g/mol. The van der Waals surface area contributed by atoms with Gasteiger partial charge in [0.25, 0.3) is 0 Å². The van der Waals surface area contributed by atoms with E-state index in [0.717, 1.165) is 17.8 Å². The van der Waals surface area contributed by atoms with Gasteiger partial charge in [-0.25, -0.2) is 0 Å². The molecule has 2 aliphatic rings. The summed E-state index contributed by atoms with van der Waals surface area (Å²) in [5.74, 6) is 2.55. The first-order valence-corrected chi connectivity index (χ1v) is 4.62. The van der Waals surface area contributed by atoms with Crippen molar-refractivity contribution in [1.29, 1.82) is 0 Å². The second kappa shape index (κ2) is 2.51. The van der Waals surface area contributed by atoms with Gasteiger partial charge in [0.15, 0.2) is 0 Å². The standard InChI is InChI=1S/C11H16/c1-8-6-10-4-3-5-11(10)7-9(8)2/h3-4,6,9-11H,5,7H2,1-2H3/t9-,10+,11-/m0/s1. The molecule has 0 saturated heterocycles. The zero-order chi connectivity index (χ0) is 7.84. The predicted octanol–water partition coefficient (Wildman–Crippen LogP) is 3.16. The highest BCUT2D eigenvalue weighted by molar-refractivity contribution is 5.19. The molecule has 0 fully saturated rings. The van der Waals surface area contributed by atoms with Gasteiger partial charge >= 0.3 is 0 Å². The second-order valence-corrected chi connectivity index (χ2v) is 4.05. The van der Waals surface area contributed by atoms with Gasteiger partial charge in [0.05, 0.1) is 0 Å². The largest absolute Gasteiger partial charge is 0.0876 e. The van der Waals surface area contributed by atoms with E-state index in [0.29, 0.717) is 0 Å². The third kappa shape index (κ3) is 1.15. The Morgan fingerprint density at radius 1 is 1.45 bits per heavy atom. The van der Waals surface area contributed by atoms with Crippen LogP contribution in [0.25, 0.3) is 0 Å². The van der Waals surface area contributed by atoms with Gasteiger partial charge in [-0.1, -0.05) is 30.7 Å². The Hall–Kier alpha value is -0.520. The van der Waals surface area contributed by atoms with Gasteiger partial charge in [-0.15, -0.1) is 0 Å². The summed E-state index contributed by atoms with van der Waals surface area (Å²) in [6, 6.07) is 0. The fourth-order valence-corrected chi connectivity index (χ4v) is 2.28. The first kappa shape index (κ1) is 7.15. The van der Waals surface area contributed by atoms with Crippen LogP contribution in [-0.4, -0.2) is 0 Å². The molecule has 0 aromatic carbocycles. The maximum atomic E-state index is 2.46. The van der Waals surface area contributed by atoms with Crippen LogP contribution in [-0.2, 0) is 0 Å². The van der Waals surface area contributed by atoms with Crippen molar-refractivity contribution in [1.82, 2.24) is 0 Å². The maximum Gasteiger partial charge on any atom is -0.00193 e. The molecule has 2 aliphatic carbocycles. The molecule has 11 heavy (non-hydrogen) atoms. The van der Waals surface area contributed by atoms with Gasteiger partial charge in [-0.05, 0) is 37.5 Å². The highest BCUT2D eigenvalue weighted by Gasteiger charge is 2.27. The van der Waals surface area contributed by atoms with Crippen LogP contribution in [0.2, 0.25) is 0 Å². The van der Waals surface area contributed by atoms with Crippen LogP contribution in [0.1, 0.15) is 26.7 Å². The SMILES string of the molecule is CC1=C[C@H]2C=CC[C@H]2C[C@@H]1C. The Labute approximate surface area is 69.0 Å². The lowest BCUT2D eigenvalue weighted by atomic mass is 9.78. The molecule has 0 heteroatoms. The molecule has 0 spiro atoms. The van der Waals surface area contributed by atoms with E-state index in [9.17, 15) is 0 Å². The van der Waals surface area contributed by atoms with Crippen molar-refractivity contribution in [3.63, 3.8) is 0 Å². The molecule has 0 bridgehead atoms. The van der Waals surface area contributed by atoms with Crippen molar-refractivity contribution >= 4 is 0 Å². The fourth-order valence-electron chi connectivity index (χ4n) is 2.28. The van der Waals surface area contributed by atoms with Gasteiger partial charge < -0.3 is 0 Å². The number of hydrogen-bond donors (Lipinski definition) is 0. The van der Waals surface area contributed by atoms with Crippen molar-refractivity contribution in [2.24, 2.45) is 17.8 Å². The first-order valence-electron chi connectivity index (χ1n) is 4.62. The molecule has 0 radical (unpaired) electrons. The van der Waals surface area contributed by atoms with Crippen LogP contribution in [0.5, 0.6) is 0 Å². The summed E-state index contributed by atoms with van der Waals surface area (Å²) in [4.78, 5) is 0. The molecular formula is C11H16. The van der Waals surface area contributed by atoms with E-state index in [1.54, 1.807) is 5.57 Å². The maximum absolute atomic E-state index is 2.46. The van der Waals surface area contributed by atoms with Crippen molar-refractivity contribution in [2.45, 2.75) is 26.7 Å². The van der Waals surface area contributed by atoms with Crippen molar-refractivity contribution in [3.05, 3.63) is 23.8 Å². The topological polar surface area (TPSA) is 0 Å². The van der Waals surface area contributed by atoms with Crippen LogP contribution in [0.4, 0.5) is 0 Å². The van der Waals surface area contributed by atoms with Gasteiger partial charge in [0, 0.05) is 0 Å². The van der Waals surface area contributed by atoms with Crippen molar-refractivity contribution in [3.8, 4) is 0 Å². The Kier molecular flexibility index (Phi) is 1.63. The van der Waals surface area contributed by atoms with E-state index < -0.39 is 0 Å². The zero-order valence-corrected chi connectivity index (χ0v) is 7.38. The minimum atomic E-state index is 0.784. The summed E-state index contributed by atoms with van der Waals surface area (Å²) in [5, 5.41) is 0. The normalized spacial score (nSPS) is 42.0. The van der Waals surface area contributed by atoms with Gasteiger partial charge in [0.1, 0.15) is 0 Å². The third-order valence-corrected chi connectivity index (χ3v) is 3.23. The summed E-state index contributed by atoms with van der Waals surface area (Å²) in [6.07, 6.45) is 9.90. The highest BCUT2D eigenvalue weighted by atomic mass is 14.3.